The Morgan fingerprint density at radius 2 is 1.95 bits per heavy atom. The lowest BCUT2D eigenvalue weighted by Crippen LogP contribution is -2.35. The Morgan fingerprint density at radius 1 is 1.24 bits per heavy atom. The number of hydrogen-bond donors (Lipinski definition) is 3. The van der Waals surface area contributed by atoms with Crippen molar-refractivity contribution in [2.45, 2.75) is 11.3 Å². The summed E-state index contributed by atoms with van der Waals surface area (Å²) in [5.41, 5.74) is 0.556. The lowest BCUT2D eigenvalue weighted by atomic mass is 10.3. The van der Waals surface area contributed by atoms with Crippen molar-refractivity contribution in [3.63, 3.8) is 0 Å². The molecule has 1 saturated heterocycles. The van der Waals surface area contributed by atoms with Gasteiger partial charge >= 0.3 is 0 Å². The van der Waals surface area contributed by atoms with Crippen LogP contribution in [0.2, 0.25) is 0 Å². The minimum absolute atomic E-state index is 0.0269. The van der Waals surface area contributed by atoms with Crippen molar-refractivity contribution in [3.05, 3.63) is 24.3 Å². The predicted octanol–water partition coefficient (Wildman–Crippen LogP) is -0.432. The fourth-order valence-electron chi connectivity index (χ4n) is 2.19. The molecular weight excluding hydrogens is 292 g/mol. The Labute approximate surface area is 124 Å². The van der Waals surface area contributed by atoms with Crippen LogP contribution in [0.15, 0.2) is 29.2 Å². The van der Waals surface area contributed by atoms with E-state index in [1.807, 2.05) is 0 Å². The number of sulfonamides is 1. The molecule has 1 amide bonds. The molecule has 0 spiro atoms. The van der Waals surface area contributed by atoms with Crippen molar-refractivity contribution < 1.29 is 13.2 Å². The summed E-state index contributed by atoms with van der Waals surface area (Å²) in [5, 5.41) is 11.0. The third-order valence-corrected chi connectivity index (χ3v) is 4.20. The van der Waals surface area contributed by atoms with Gasteiger partial charge in [0, 0.05) is 18.8 Å². The maximum absolute atomic E-state index is 12.0. The second kappa shape index (κ2) is 6.99. The van der Waals surface area contributed by atoms with Crippen LogP contribution in [-0.2, 0) is 14.8 Å². The van der Waals surface area contributed by atoms with E-state index in [2.05, 4.69) is 15.5 Å². The number of hydrogen-bond acceptors (Lipinski definition) is 5. The molecule has 1 aliphatic rings. The molecule has 1 fully saturated rings. The molecule has 1 aromatic carbocycles. The first-order chi connectivity index (χ1) is 9.95. The third kappa shape index (κ3) is 5.09. The van der Waals surface area contributed by atoms with Crippen LogP contribution < -0.4 is 15.8 Å². The van der Waals surface area contributed by atoms with Gasteiger partial charge in [-0.3, -0.25) is 9.69 Å². The lowest BCUT2D eigenvalue weighted by molar-refractivity contribution is -0.117. The highest BCUT2D eigenvalue weighted by molar-refractivity contribution is 7.89. The van der Waals surface area contributed by atoms with Crippen LogP contribution in [0.5, 0.6) is 0 Å². The largest absolute Gasteiger partial charge is 0.325 e. The second-order valence-electron chi connectivity index (χ2n) is 5.00. The minimum Gasteiger partial charge on any atom is -0.325 e. The maximum atomic E-state index is 12.0. The van der Waals surface area contributed by atoms with Gasteiger partial charge in [-0.25, -0.2) is 13.6 Å². The molecule has 2 rings (SSSR count). The first kappa shape index (κ1) is 15.9. The highest BCUT2D eigenvalue weighted by Crippen LogP contribution is 2.12. The summed E-state index contributed by atoms with van der Waals surface area (Å²) in [5.74, 6) is -0.111. The van der Waals surface area contributed by atoms with E-state index in [1.165, 1.54) is 24.3 Å². The number of anilines is 1. The summed E-state index contributed by atoms with van der Waals surface area (Å²) in [6.07, 6.45) is 1.02. The van der Waals surface area contributed by atoms with Crippen LogP contribution in [0.4, 0.5) is 5.69 Å². The normalized spacial score (nSPS) is 17.2. The highest BCUT2D eigenvalue weighted by atomic mass is 32.2. The zero-order valence-corrected chi connectivity index (χ0v) is 12.5. The lowest BCUT2D eigenvalue weighted by Gasteiger charge is -2.18. The predicted molar refractivity (Wildman–Crippen MR) is 80.4 cm³/mol. The summed E-state index contributed by atoms with van der Waals surface area (Å²) in [4.78, 5) is 14.1. The molecular formula is C13H20N4O3S. The topological polar surface area (TPSA) is 105 Å². The molecule has 0 unspecified atom stereocenters. The Hall–Kier alpha value is -1.48. The molecule has 0 atom stereocenters. The van der Waals surface area contributed by atoms with Gasteiger partial charge in [0.05, 0.1) is 11.4 Å². The monoisotopic (exact) mass is 312 g/mol. The molecule has 0 aromatic heterocycles. The van der Waals surface area contributed by atoms with E-state index < -0.39 is 10.0 Å². The Bertz CT molecular complexity index is 578. The van der Waals surface area contributed by atoms with Gasteiger partial charge in [-0.05, 0) is 43.8 Å². The molecule has 1 heterocycles. The first-order valence-electron chi connectivity index (χ1n) is 6.81. The van der Waals surface area contributed by atoms with Crippen molar-refractivity contribution in [2.24, 2.45) is 5.14 Å². The number of benzene rings is 1. The molecule has 0 aliphatic carbocycles. The van der Waals surface area contributed by atoms with Gasteiger partial charge < -0.3 is 10.6 Å². The van der Waals surface area contributed by atoms with E-state index >= 15 is 0 Å². The van der Waals surface area contributed by atoms with Crippen LogP contribution in [0, 0.1) is 0 Å². The van der Waals surface area contributed by atoms with Crippen molar-refractivity contribution in [3.8, 4) is 0 Å². The van der Waals surface area contributed by atoms with Crippen LogP contribution >= 0.6 is 0 Å². The number of carbonyl (C=O) groups excluding carboxylic acids is 1. The summed E-state index contributed by atoms with van der Waals surface area (Å²) in [6.45, 7) is 3.94. The average molecular weight is 312 g/mol. The maximum Gasteiger partial charge on any atom is 0.238 e. The van der Waals surface area contributed by atoms with E-state index in [4.69, 9.17) is 5.14 Å². The standard InChI is InChI=1S/C13H20N4O3S/c14-21(19,20)12-4-2-11(3-5-12)16-13(18)10-17-8-1-6-15-7-9-17/h2-5,15H,1,6-10H2,(H,16,18)(H2,14,19,20). The summed E-state index contributed by atoms with van der Waals surface area (Å²) in [6, 6.07) is 5.81. The molecule has 0 radical (unpaired) electrons. The van der Waals surface area contributed by atoms with Gasteiger partial charge in [0.1, 0.15) is 0 Å². The molecule has 0 saturated carbocycles. The van der Waals surface area contributed by atoms with E-state index in [9.17, 15) is 13.2 Å². The quantitative estimate of drug-likeness (QED) is 0.699. The number of nitrogens with two attached hydrogens (primary N) is 1. The van der Waals surface area contributed by atoms with Crippen LogP contribution in [0.25, 0.3) is 0 Å². The van der Waals surface area contributed by atoms with E-state index in [0.29, 0.717) is 12.2 Å². The molecule has 1 aliphatic heterocycles. The molecule has 0 bridgehead atoms. The smallest absolute Gasteiger partial charge is 0.238 e. The highest BCUT2D eigenvalue weighted by Gasteiger charge is 2.13. The van der Waals surface area contributed by atoms with Crippen molar-refractivity contribution in [1.29, 1.82) is 0 Å². The first-order valence-corrected chi connectivity index (χ1v) is 8.35. The Kier molecular flexibility index (Phi) is 5.29. The molecule has 21 heavy (non-hydrogen) atoms. The van der Waals surface area contributed by atoms with Gasteiger partial charge in [-0.15, -0.1) is 0 Å². The number of amides is 1. The Morgan fingerprint density at radius 3 is 2.62 bits per heavy atom. The zero-order valence-electron chi connectivity index (χ0n) is 11.7. The zero-order chi connectivity index (χ0) is 15.3. The SMILES string of the molecule is NS(=O)(=O)c1ccc(NC(=O)CN2CCCNCC2)cc1. The van der Waals surface area contributed by atoms with E-state index in [0.717, 1.165) is 32.6 Å². The molecule has 1 aromatic rings. The summed E-state index contributed by atoms with van der Waals surface area (Å²) in [7, 11) is -3.70. The van der Waals surface area contributed by atoms with Gasteiger partial charge in [0.15, 0.2) is 0 Å². The van der Waals surface area contributed by atoms with Gasteiger partial charge in [0.25, 0.3) is 0 Å². The summed E-state index contributed by atoms with van der Waals surface area (Å²) >= 11 is 0. The fraction of sp³-hybridized carbons (Fsp3) is 0.462. The van der Waals surface area contributed by atoms with Gasteiger partial charge in [0.2, 0.25) is 15.9 Å². The summed E-state index contributed by atoms with van der Waals surface area (Å²) < 4.78 is 22.3. The number of carbonyl (C=O) groups is 1. The minimum atomic E-state index is -3.70. The second-order valence-corrected chi connectivity index (χ2v) is 6.56. The molecule has 8 heteroatoms. The number of rotatable bonds is 4. The van der Waals surface area contributed by atoms with Gasteiger partial charge in [-0.1, -0.05) is 0 Å². The molecule has 4 N–H and O–H groups in total. The Balaban J connectivity index is 1.90. The van der Waals surface area contributed by atoms with Crippen molar-refractivity contribution >= 4 is 21.6 Å². The van der Waals surface area contributed by atoms with Crippen molar-refractivity contribution in [1.82, 2.24) is 10.2 Å². The number of primary sulfonamides is 1. The van der Waals surface area contributed by atoms with Crippen LogP contribution in [0.1, 0.15) is 6.42 Å². The van der Waals surface area contributed by atoms with Crippen LogP contribution in [0.3, 0.4) is 0 Å². The third-order valence-electron chi connectivity index (χ3n) is 3.27. The van der Waals surface area contributed by atoms with Crippen LogP contribution in [-0.4, -0.2) is 51.9 Å². The number of nitrogens with zero attached hydrogens (tertiary/aromatic N) is 1. The molecule has 7 nitrogen and oxygen atoms in total. The molecule has 116 valence electrons. The number of nitrogens with one attached hydrogen (secondary N) is 2. The van der Waals surface area contributed by atoms with Gasteiger partial charge in [-0.2, -0.15) is 0 Å². The van der Waals surface area contributed by atoms with Crippen molar-refractivity contribution in [2.75, 3.05) is 38.0 Å². The fourth-order valence-corrected chi connectivity index (χ4v) is 2.71. The van der Waals surface area contributed by atoms with E-state index in [-0.39, 0.29) is 10.8 Å². The van der Waals surface area contributed by atoms with E-state index in [1.54, 1.807) is 0 Å². The average Bonchev–Trinajstić information content (AvgIpc) is 2.67.